The fraction of sp³-hybridized carbons (Fsp3) is 0.667. The summed E-state index contributed by atoms with van der Waals surface area (Å²) in [7, 11) is 2.16. The van der Waals surface area contributed by atoms with Crippen molar-refractivity contribution >= 4 is 22.9 Å². The smallest absolute Gasteiger partial charge is 0.0931 e. The first-order chi connectivity index (χ1) is 7.61. The zero-order valence-corrected chi connectivity index (χ0v) is 11.9. The highest BCUT2D eigenvalue weighted by Crippen LogP contribution is 2.22. The summed E-state index contributed by atoms with van der Waals surface area (Å²) in [6, 6.07) is 4.08. The lowest BCUT2D eigenvalue weighted by Crippen LogP contribution is -2.30. The topological polar surface area (TPSA) is 15.3 Å². The summed E-state index contributed by atoms with van der Waals surface area (Å²) in [5.74, 6) is 0.681. The van der Waals surface area contributed by atoms with Crippen LogP contribution in [0.5, 0.6) is 0 Å². The van der Waals surface area contributed by atoms with Crippen LogP contribution in [0.25, 0.3) is 0 Å². The number of hydrogen-bond acceptors (Lipinski definition) is 3. The summed E-state index contributed by atoms with van der Waals surface area (Å²) in [5.41, 5.74) is 0. The molecule has 0 aliphatic heterocycles. The molecule has 0 radical (unpaired) electrons. The van der Waals surface area contributed by atoms with Gasteiger partial charge < -0.3 is 10.2 Å². The Morgan fingerprint density at radius 1 is 1.50 bits per heavy atom. The van der Waals surface area contributed by atoms with Crippen molar-refractivity contribution in [2.24, 2.45) is 5.92 Å². The molecular formula is C12H21ClN2S. The Kier molecular flexibility index (Phi) is 6.36. The molecule has 0 amide bonds. The number of rotatable bonds is 7. The molecule has 0 saturated heterocycles. The summed E-state index contributed by atoms with van der Waals surface area (Å²) in [5, 5.41) is 3.38. The summed E-state index contributed by atoms with van der Waals surface area (Å²) >= 11 is 7.58. The molecule has 0 bridgehead atoms. The number of hydrogen-bond donors (Lipinski definition) is 1. The van der Waals surface area contributed by atoms with E-state index in [4.69, 9.17) is 11.6 Å². The molecule has 1 unspecified atom stereocenters. The molecule has 0 aliphatic rings. The normalized spacial score (nSPS) is 13.3. The number of nitrogens with one attached hydrogen (secondary N) is 1. The molecule has 4 heteroatoms. The Bertz CT molecular complexity index is 301. The van der Waals surface area contributed by atoms with Crippen molar-refractivity contribution in [2.75, 3.05) is 26.7 Å². The molecule has 0 aromatic carbocycles. The molecule has 0 saturated carbocycles. The average molecular weight is 261 g/mol. The van der Waals surface area contributed by atoms with Crippen LogP contribution in [0.4, 0.5) is 0 Å². The predicted molar refractivity (Wildman–Crippen MR) is 73.4 cm³/mol. The quantitative estimate of drug-likeness (QED) is 0.811. The third kappa shape index (κ3) is 5.30. The van der Waals surface area contributed by atoms with Crippen molar-refractivity contribution in [1.29, 1.82) is 0 Å². The van der Waals surface area contributed by atoms with Crippen LogP contribution in [0.1, 0.15) is 18.7 Å². The maximum absolute atomic E-state index is 5.91. The second-order valence-electron chi connectivity index (χ2n) is 4.32. The van der Waals surface area contributed by atoms with Crippen molar-refractivity contribution < 1.29 is 0 Å². The van der Waals surface area contributed by atoms with Crippen molar-refractivity contribution in [3.05, 3.63) is 21.3 Å². The minimum atomic E-state index is 0.681. The van der Waals surface area contributed by atoms with Gasteiger partial charge in [-0.05, 0) is 38.2 Å². The van der Waals surface area contributed by atoms with E-state index >= 15 is 0 Å². The highest BCUT2D eigenvalue weighted by atomic mass is 35.5. The maximum Gasteiger partial charge on any atom is 0.0931 e. The SMILES string of the molecule is CCNCC(C)CN(C)Cc1ccc(Cl)s1. The maximum atomic E-state index is 5.91. The van der Waals surface area contributed by atoms with Crippen molar-refractivity contribution in [2.45, 2.75) is 20.4 Å². The molecule has 16 heavy (non-hydrogen) atoms. The van der Waals surface area contributed by atoms with Crippen LogP contribution in [-0.2, 0) is 6.54 Å². The lowest BCUT2D eigenvalue weighted by atomic mass is 10.1. The van der Waals surface area contributed by atoms with E-state index in [1.807, 2.05) is 6.07 Å². The fourth-order valence-corrected chi connectivity index (χ4v) is 2.92. The number of nitrogens with zero attached hydrogens (tertiary/aromatic N) is 1. The third-order valence-electron chi connectivity index (χ3n) is 2.42. The van der Waals surface area contributed by atoms with E-state index in [0.717, 1.165) is 30.5 Å². The molecule has 0 aliphatic carbocycles. The lowest BCUT2D eigenvalue weighted by Gasteiger charge is -2.20. The second kappa shape index (κ2) is 7.28. The predicted octanol–water partition coefficient (Wildman–Crippen LogP) is 3.08. The lowest BCUT2D eigenvalue weighted by molar-refractivity contribution is 0.277. The van der Waals surface area contributed by atoms with Crippen molar-refractivity contribution in [1.82, 2.24) is 10.2 Å². The van der Waals surface area contributed by atoms with Crippen LogP contribution in [0, 0.1) is 5.92 Å². The summed E-state index contributed by atoms with van der Waals surface area (Å²) < 4.78 is 0.879. The van der Waals surface area contributed by atoms with Crippen LogP contribution >= 0.6 is 22.9 Å². The summed E-state index contributed by atoms with van der Waals surface area (Å²) in [4.78, 5) is 3.69. The van der Waals surface area contributed by atoms with Gasteiger partial charge in [-0.15, -0.1) is 11.3 Å². The van der Waals surface area contributed by atoms with Gasteiger partial charge in [-0.3, -0.25) is 0 Å². The number of thiophene rings is 1. The first-order valence-electron chi connectivity index (χ1n) is 5.75. The van der Waals surface area contributed by atoms with Crippen molar-refractivity contribution in [3.8, 4) is 0 Å². The molecule has 2 nitrogen and oxygen atoms in total. The van der Waals surface area contributed by atoms with Crippen LogP contribution in [0.3, 0.4) is 0 Å². The Hall–Kier alpha value is -0.0900. The Morgan fingerprint density at radius 3 is 2.81 bits per heavy atom. The van der Waals surface area contributed by atoms with Crippen molar-refractivity contribution in [3.63, 3.8) is 0 Å². The van der Waals surface area contributed by atoms with Gasteiger partial charge in [0.25, 0.3) is 0 Å². The fourth-order valence-electron chi connectivity index (χ4n) is 1.75. The zero-order chi connectivity index (χ0) is 12.0. The van der Waals surface area contributed by atoms with Gasteiger partial charge in [0.15, 0.2) is 0 Å². The van der Waals surface area contributed by atoms with Crippen LogP contribution in [0.15, 0.2) is 12.1 Å². The summed E-state index contributed by atoms with van der Waals surface area (Å²) in [6.45, 7) is 8.67. The first kappa shape index (κ1) is 14.0. The summed E-state index contributed by atoms with van der Waals surface area (Å²) in [6.07, 6.45) is 0. The first-order valence-corrected chi connectivity index (χ1v) is 6.94. The highest BCUT2D eigenvalue weighted by molar-refractivity contribution is 7.16. The molecule has 1 N–H and O–H groups in total. The van der Waals surface area contributed by atoms with E-state index < -0.39 is 0 Å². The van der Waals surface area contributed by atoms with Gasteiger partial charge in [-0.2, -0.15) is 0 Å². The van der Waals surface area contributed by atoms with E-state index in [1.54, 1.807) is 11.3 Å². The molecule has 1 aromatic rings. The zero-order valence-electron chi connectivity index (χ0n) is 10.3. The van der Waals surface area contributed by atoms with Gasteiger partial charge in [0.2, 0.25) is 0 Å². The average Bonchev–Trinajstić information content (AvgIpc) is 2.60. The second-order valence-corrected chi connectivity index (χ2v) is 6.12. The van der Waals surface area contributed by atoms with Gasteiger partial charge in [0, 0.05) is 18.0 Å². The van der Waals surface area contributed by atoms with Crippen LogP contribution < -0.4 is 5.32 Å². The minimum absolute atomic E-state index is 0.681. The van der Waals surface area contributed by atoms with E-state index in [2.05, 4.69) is 37.2 Å². The van der Waals surface area contributed by atoms with Gasteiger partial charge in [-0.25, -0.2) is 0 Å². The van der Waals surface area contributed by atoms with Gasteiger partial charge in [-0.1, -0.05) is 25.4 Å². The molecule has 92 valence electrons. The molecule has 0 fully saturated rings. The highest BCUT2D eigenvalue weighted by Gasteiger charge is 2.07. The Labute approximate surface area is 108 Å². The van der Waals surface area contributed by atoms with Gasteiger partial charge >= 0.3 is 0 Å². The Balaban J connectivity index is 2.27. The van der Waals surface area contributed by atoms with E-state index in [9.17, 15) is 0 Å². The van der Waals surface area contributed by atoms with Crippen LogP contribution in [0.2, 0.25) is 4.34 Å². The monoisotopic (exact) mass is 260 g/mol. The molecule has 1 heterocycles. The van der Waals surface area contributed by atoms with Gasteiger partial charge in [0.05, 0.1) is 4.34 Å². The van der Waals surface area contributed by atoms with E-state index in [0.29, 0.717) is 5.92 Å². The molecule has 1 atom stereocenters. The van der Waals surface area contributed by atoms with Gasteiger partial charge in [0.1, 0.15) is 0 Å². The largest absolute Gasteiger partial charge is 0.317 e. The standard InChI is InChI=1S/C12H21ClN2S/c1-4-14-7-10(2)8-15(3)9-11-5-6-12(13)16-11/h5-6,10,14H,4,7-9H2,1-3H3. The number of halogens is 1. The third-order valence-corrected chi connectivity index (χ3v) is 3.64. The Morgan fingerprint density at radius 2 is 2.25 bits per heavy atom. The van der Waals surface area contributed by atoms with E-state index in [1.165, 1.54) is 4.88 Å². The van der Waals surface area contributed by atoms with Crippen LogP contribution in [-0.4, -0.2) is 31.6 Å². The van der Waals surface area contributed by atoms with E-state index in [-0.39, 0.29) is 0 Å². The minimum Gasteiger partial charge on any atom is -0.317 e. The molecular weight excluding hydrogens is 240 g/mol. The molecule has 1 aromatic heterocycles. The molecule has 1 rings (SSSR count). The molecule has 0 spiro atoms.